The third-order valence-corrected chi connectivity index (χ3v) is 3.16. The van der Waals surface area contributed by atoms with Crippen LogP contribution in [-0.2, 0) is 0 Å². The highest BCUT2D eigenvalue weighted by atomic mass is 32.1. The maximum Gasteiger partial charge on any atom is 0.187 e. The fourth-order valence-electron chi connectivity index (χ4n) is 1.81. The first-order valence-electron chi connectivity index (χ1n) is 6.59. The van der Waals surface area contributed by atoms with Crippen LogP contribution >= 0.6 is 12.2 Å². The van der Waals surface area contributed by atoms with E-state index < -0.39 is 0 Å². The Bertz CT molecular complexity index is 628. The van der Waals surface area contributed by atoms with Gasteiger partial charge in [-0.25, -0.2) is 0 Å². The van der Waals surface area contributed by atoms with Crippen molar-refractivity contribution in [1.29, 1.82) is 0 Å². The van der Waals surface area contributed by atoms with E-state index in [1.807, 2.05) is 43.3 Å². The average molecular weight is 299 g/mol. The molecule has 2 aromatic rings. The highest BCUT2D eigenvalue weighted by Crippen LogP contribution is 2.12. The Labute approximate surface area is 129 Å². The first kappa shape index (κ1) is 15.0. The van der Waals surface area contributed by atoms with Gasteiger partial charge in [0, 0.05) is 5.56 Å². The number of nitrogens with one attached hydrogen (secondary N) is 2. The first-order chi connectivity index (χ1) is 10.2. The Morgan fingerprint density at radius 1 is 1.14 bits per heavy atom. The summed E-state index contributed by atoms with van der Waals surface area (Å²) in [6, 6.07) is 17.1. The minimum atomic E-state index is 0.0894. The highest BCUT2D eigenvalue weighted by molar-refractivity contribution is 7.80. The van der Waals surface area contributed by atoms with Crippen LogP contribution in [0, 0.1) is 0 Å². The van der Waals surface area contributed by atoms with Gasteiger partial charge >= 0.3 is 0 Å². The Kier molecular flexibility index (Phi) is 5.29. The minimum absolute atomic E-state index is 0.0894. The molecule has 0 heterocycles. The number of benzene rings is 2. The number of phenols is 1. The van der Waals surface area contributed by atoms with Crippen LogP contribution < -0.4 is 10.7 Å². The number of rotatable bonds is 4. The van der Waals surface area contributed by atoms with Crippen LogP contribution in [0.5, 0.6) is 5.75 Å². The van der Waals surface area contributed by atoms with Crippen molar-refractivity contribution in [3.8, 4) is 5.75 Å². The van der Waals surface area contributed by atoms with Crippen molar-refractivity contribution in [2.45, 2.75) is 13.0 Å². The molecule has 0 saturated heterocycles. The molecule has 1 unspecified atom stereocenters. The summed E-state index contributed by atoms with van der Waals surface area (Å²) in [5.41, 5.74) is 4.51. The molecule has 0 fully saturated rings. The van der Waals surface area contributed by atoms with Gasteiger partial charge in [0.25, 0.3) is 0 Å². The topological polar surface area (TPSA) is 56.7 Å². The predicted molar refractivity (Wildman–Crippen MR) is 89.4 cm³/mol. The largest absolute Gasteiger partial charge is 0.507 e. The number of aromatic hydroxyl groups is 1. The van der Waals surface area contributed by atoms with E-state index in [1.54, 1.807) is 18.2 Å². The Morgan fingerprint density at radius 3 is 2.52 bits per heavy atom. The fraction of sp³-hybridized carbons (Fsp3) is 0.125. The van der Waals surface area contributed by atoms with Crippen molar-refractivity contribution in [1.82, 2.24) is 10.7 Å². The fourth-order valence-corrected chi connectivity index (χ4v) is 2.04. The van der Waals surface area contributed by atoms with E-state index in [9.17, 15) is 5.11 Å². The van der Waals surface area contributed by atoms with E-state index in [2.05, 4.69) is 15.8 Å². The van der Waals surface area contributed by atoms with Crippen molar-refractivity contribution in [2.75, 3.05) is 0 Å². The van der Waals surface area contributed by atoms with Crippen LogP contribution in [0.25, 0.3) is 0 Å². The van der Waals surface area contributed by atoms with Gasteiger partial charge < -0.3 is 10.4 Å². The third kappa shape index (κ3) is 4.57. The van der Waals surface area contributed by atoms with Gasteiger partial charge in [-0.15, -0.1) is 0 Å². The lowest BCUT2D eigenvalue weighted by Crippen LogP contribution is -2.34. The lowest BCUT2D eigenvalue weighted by atomic mass is 10.1. The molecule has 4 nitrogen and oxygen atoms in total. The van der Waals surface area contributed by atoms with Crippen LogP contribution in [0.1, 0.15) is 24.1 Å². The van der Waals surface area contributed by atoms with Crippen LogP contribution in [0.4, 0.5) is 0 Å². The van der Waals surface area contributed by atoms with Crippen molar-refractivity contribution in [2.24, 2.45) is 5.10 Å². The lowest BCUT2D eigenvalue weighted by molar-refractivity contribution is 0.474. The molecular weight excluding hydrogens is 282 g/mol. The van der Waals surface area contributed by atoms with Gasteiger partial charge in [-0.05, 0) is 36.8 Å². The van der Waals surface area contributed by atoms with Gasteiger partial charge in [-0.2, -0.15) is 5.10 Å². The van der Waals surface area contributed by atoms with Crippen LogP contribution in [-0.4, -0.2) is 16.4 Å². The smallest absolute Gasteiger partial charge is 0.187 e. The molecule has 0 bridgehead atoms. The van der Waals surface area contributed by atoms with Crippen LogP contribution in [0.2, 0.25) is 0 Å². The molecule has 2 rings (SSSR count). The molecule has 0 amide bonds. The van der Waals surface area contributed by atoms with Gasteiger partial charge in [0.1, 0.15) is 5.75 Å². The molecule has 108 valence electrons. The van der Waals surface area contributed by atoms with E-state index in [4.69, 9.17) is 12.2 Å². The molecule has 0 aliphatic carbocycles. The monoisotopic (exact) mass is 299 g/mol. The summed E-state index contributed by atoms with van der Waals surface area (Å²) in [7, 11) is 0. The van der Waals surface area contributed by atoms with Crippen molar-refractivity contribution in [3.05, 3.63) is 65.7 Å². The quantitative estimate of drug-likeness (QED) is 0.461. The van der Waals surface area contributed by atoms with Crippen molar-refractivity contribution < 1.29 is 5.11 Å². The number of hydrazone groups is 1. The number of nitrogens with zero attached hydrogens (tertiary/aromatic N) is 1. The van der Waals surface area contributed by atoms with E-state index in [0.29, 0.717) is 10.7 Å². The average Bonchev–Trinajstić information content (AvgIpc) is 2.50. The molecule has 0 radical (unpaired) electrons. The zero-order chi connectivity index (χ0) is 15.1. The summed E-state index contributed by atoms with van der Waals surface area (Å²) in [5, 5.41) is 17.2. The third-order valence-electron chi connectivity index (χ3n) is 2.95. The second-order valence-electron chi connectivity index (χ2n) is 4.53. The van der Waals surface area contributed by atoms with Gasteiger partial charge in [-0.1, -0.05) is 42.5 Å². The molecule has 0 aromatic heterocycles. The van der Waals surface area contributed by atoms with Gasteiger partial charge in [-0.3, -0.25) is 5.43 Å². The number of hydrogen-bond donors (Lipinski definition) is 3. The van der Waals surface area contributed by atoms with E-state index in [-0.39, 0.29) is 11.8 Å². The predicted octanol–water partition coefficient (Wildman–Crippen LogP) is 2.95. The summed E-state index contributed by atoms with van der Waals surface area (Å²) in [4.78, 5) is 0. The number of hydrogen-bond acceptors (Lipinski definition) is 3. The number of thiocarbonyl (C=S) groups is 1. The standard InChI is InChI=1S/C16H17N3OS/c1-12(13-7-3-2-4-8-13)18-16(21)19-17-11-14-9-5-6-10-15(14)20/h2-12,20H,1H3,(H2,18,19,21). The second kappa shape index (κ2) is 7.40. The number of para-hydroxylation sites is 1. The zero-order valence-electron chi connectivity index (χ0n) is 11.7. The van der Waals surface area contributed by atoms with Crippen LogP contribution in [0.3, 0.4) is 0 Å². The van der Waals surface area contributed by atoms with Gasteiger partial charge in [0.05, 0.1) is 12.3 Å². The summed E-state index contributed by atoms with van der Waals surface area (Å²) < 4.78 is 0. The Hall–Kier alpha value is -2.40. The summed E-state index contributed by atoms with van der Waals surface area (Å²) in [6.45, 7) is 2.02. The molecule has 0 saturated carbocycles. The van der Waals surface area contributed by atoms with Crippen molar-refractivity contribution in [3.63, 3.8) is 0 Å². The highest BCUT2D eigenvalue weighted by Gasteiger charge is 2.05. The first-order valence-corrected chi connectivity index (χ1v) is 7.00. The normalized spacial score (nSPS) is 12.0. The molecule has 21 heavy (non-hydrogen) atoms. The Balaban J connectivity index is 1.87. The maximum absolute atomic E-state index is 9.60. The van der Waals surface area contributed by atoms with Crippen molar-refractivity contribution >= 4 is 23.5 Å². The molecule has 1 atom stereocenters. The summed E-state index contributed by atoms with van der Waals surface area (Å²) >= 11 is 5.18. The zero-order valence-corrected chi connectivity index (χ0v) is 12.5. The second-order valence-corrected chi connectivity index (χ2v) is 4.94. The van der Waals surface area contributed by atoms with E-state index >= 15 is 0 Å². The van der Waals surface area contributed by atoms with Gasteiger partial charge in [0.15, 0.2) is 5.11 Å². The minimum Gasteiger partial charge on any atom is -0.507 e. The lowest BCUT2D eigenvalue weighted by Gasteiger charge is -2.15. The molecule has 0 aliphatic rings. The summed E-state index contributed by atoms with van der Waals surface area (Å²) in [5.74, 6) is 0.180. The summed E-state index contributed by atoms with van der Waals surface area (Å²) in [6.07, 6.45) is 1.52. The molecular formula is C16H17N3OS. The maximum atomic E-state index is 9.60. The molecule has 0 aliphatic heterocycles. The Morgan fingerprint density at radius 2 is 1.81 bits per heavy atom. The molecule has 3 N–H and O–H groups in total. The SMILES string of the molecule is CC(NC(=S)NN=Cc1ccccc1O)c1ccccc1. The molecule has 5 heteroatoms. The van der Waals surface area contributed by atoms with Gasteiger partial charge in [0.2, 0.25) is 0 Å². The molecule has 0 spiro atoms. The van der Waals surface area contributed by atoms with E-state index in [1.165, 1.54) is 6.21 Å². The molecule has 2 aromatic carbocycles. The number of phenolic OH excluding ortho intramolecular Hbond substituents is 1. The van der Waals surface area contributed by atoms with Crippen LogP contribution in [0.15, 0.2) is 59.7 Å². The van der Waals surface area contributed by atoms with E-state index in [0.717, 1.165) is 5.56 Å².